The summed E-state index contributed by atoms with van der Waals surface area (Å²) in [6.45, 7) is 8.04. The number of likely N-dealkylation sites (tertiary alicyclic amines) is 1. The summed E-state index contributed by atoms with van der Waals surface area (Å²) in [6.07, 6.45) is 2.50. The van der Waals surface area contributed by atoms with E-state index < -0.39 is 0 Å². The molecule has 1 aromatic carbocycles. The summed E-state index contributed by atoms with van der Waals surface area (Å²) in [7, 11) is 4.21. The largest absolute Gasteiger partial charge is 0.382 e. The number of hydrogen-bond donors (Lipinski definition) is 1. The number of hydrogen-bond acceptors (Lipinski definition) is 3. The van der Waals surface area contributed by atoms with E-state index in [1.54, 1.807) is 0 Å². The number of nitrogens with zero attached hydrogens (tertiary/aromatic N) is 2. The molecule has 1 aromatic rings. The number of benzene rings is 1. The smallest absolute Gasteiger partial charge is 0.0411 e. The lowest BCUT2D eigenvalue weighted by Gasteiger charge is -2.32. The summed E-state index contributed by atoms with van der Waals surface area (Å²) in [4.78, 5) is 4.71. The fraction of sp³-hybridized carbons (Fsp3) is 0.625. The van der Waals surface area contributed by atoms with Crippen molar-refractivity contribution in [1.29, 1.82) is 0 Å². The van der Waals surface area contributed by atoms with Gasteiger partial charge < -0.3 is 15.1 Å². The van der Waals surface area contributed by atoms with Gasteiger partial charge in [0.25, 0.3) is 0 Å². The van der Waals surface area contributed by atoms with Gasteiger partial charge in [-0.3, -0.25) is 0 Å². The maximum absolute atomic E-state index is 3.69. The molecule has 3 heteroatoms. The van der Waals surface area contributed by atoms with E-state index in [4.69, 9.17) is 0 Å². The van der Waals surface area contributed by atoms with E-state index in [0.717, 1.165) is 0 Å². The van der Waals surface area contributed by atoms with Gasteiger partial charge in [-0.05, 0) is 44.0 Å². The van der Waals surface area contributed by atoms with Gasteiger partial charge in [-0.25, -0.2) is 0 Å². The number of rotatable bonds is 4. The van der Waals surface area contributed by atoms with Crippen LogP contribution in [0.1, 0.15) is 25.3 Å². The molecular formula is C16H27N3. The van der Waals surface area contributed by atoms with Gasteiger partial charge >= 0.3 is 0 Å². The van der Waals surface area contributed by atoms with E-state index in [1.807, 2.05) is 0 Å². The molecule has 1 aliphatic heterocycles. The predicted octanol–water partition coefficient (Wildman–Crippen LogP) is 2.96. The quantitative estimate of drug-likeness (QED) is 0.899. The molecule has 0 aliphatic carbocycles. The first kappa shape index (κ1) is 14.2. The second-order valence-electron chi connectivity index (χ2n) is 5.75. The van der Waals surface area contributed by atoms with Gasteiger partial charge in [0.1, 0.15) is 0 Å². The Bertz CT molecular complexity index is 406. The standard InChI is InChI=1S/C16H27N3/c1-5-19-10-8-14(9-11-19)17-15-7-6-13(2)16(12-15)18(3)4/h6-7,12,14,17H,5,8-11H2,1-4H3. The van der Waals surface area contributed by atoms with Crippen molar-refractivity contribution in [3.05, 3.63) is 23.8 Å². The number of anilines is 2. The van der Waals surface area contributed by atoms with Crippen LogP contribution in [0.2, 0.25) is 0 Å². The Morgan fingerprint density at radius 1 is 1.26 bits per heavy atom. The summed E-state index contributed by atoms with van der Waals surface area (Å²) in [5.74, 6) is 0. The SMILES string of the molecule is CCN1CCC(Nc2ccc(C)c(N(C)C)c2)CC1. The van der Waals surface area contributed by atoms with Crippen LogP contribution in [0.25, 0.3) is 0 Å². The normalized spacial score (nSPS) is 17.5. The van der Waals surface area contributed by atoms with Crippen molar-refractivity contribution in [3.8, 4) is 0 Å². The Morgan fingerprint density at radius 3 is 2.53 bits per heavy atom. The van der Waals surface area contributed by atoms with Crippen molar-refractivity contribution in [2.24, 2.45) is 0 Å². The maximum atomic E-state index is 3.69. The molecule has 19 heavy (non-hydrogen) atoms. The highest BCUT2D eigenvalue weighted by atomic mass is 15.1. The summed E-state index contributed by atoms with van der Waals surface area (Å²) in [5, 5.41) is 3.69. The minimum atomic E-state index is 0.625. The monoisotopic (exact) mass is 261 g/mol. The van der Waals surface area contributed by atoms with Crippen LogP contribution in [0.4, 0.5) is 11.4 Å². The minimum absolute atomic E-state index is 0.625. The molecule has 106 valence electrons. The third-order valence-corrected chi connectivity index (χ3v) is 4.10. The van der Waals surface area contributed by atoms with Crippen molar-refractivity contribution in [1.82, 2.24) is 4.90 Å². The number of aryl methyl sites for hydroxylation is 1. The fourth-order valence-corrected chi connectivity index (χ4v) is 2.81. The van der Waals surface area contributed by atoms with Crippen LogP contribution in [0, 0.1) is 6.92 Å². The first-order chi connectivity index (χ1) is 9.10. The topological polar surface area (TPSA) is 18.5 Å². The van der Waals surface area contributed by atoms with E-state index in [1.165, 1.54) is 49.4 Å². The Labute approximate surface area is 117 Å². The fourth-order valence-electron chi connectivity index (χ4n) is 2.81. The Balaban J connectivity index is 1.98. The molecule has 1 saturated heterocycles. The zero-order valence-electron chi connectivity index (χ0n) is 12.7. The van der Waals surface area contributed by atoms with E-state index in [-0.39, 0.29) is 0 Å². The van der Waals surface area contributed by atoms with Crippen molar-refractivity contribution >= 4 is 11.4 Å². The molecule has 0 saturated carbocycles. The molecule has 3 nitrogen and oxygen atoms in total. The van der Waals surface area contributed by atoms with Crippen LogP contribution in [-0.4, -0.2) is 44.7 Å². The van der Waals surface area contributed by atoms with Crippen molar-refractivity contribution in [2.45, 2.75) is 32.7 Å². The van der Waals surface area contributed by atoms with Crippen LogP contribution in [0.3, 0.4) is 0 Å². The van der Waals surface area contributed by atoms with Gasteiger partial charge in [-0.1, -0.05) is 13.0 Å². The highest BCUT2D eigenvalue weighted by Crippen LogP contribution is 2.24. The molecule has 0 bridgehead atoms. The summed E-state index contributed by atoms with van der Waals surface area (Å²) >= 11 is 0. The summed E-state index contributed by atoms with van der Waals surface area (Å²) in [6, 6.07) is 7.30. The number of nitrogens with one attached hydrogen (secondary N) is 1. The molecule has 0 radical (unpaired) electrons. The lowest BCUT2D eigenvalue weighted by molar-refractivity contribution is 0.229. The highest BCUT2D eigenvalue weighted by molar-refractivity contribution is 5.62. The van der Waals surface area contributed by atoms with Crippen LogP contribution in [0.5, 0.6) is 0 Å². The lowest BCUT2D eigenvalue weighted by Crippen LogP contribution is -2.38. The summed E-state index contributed by atoms with van der Waals surface area (Å²) < 4.78 is 0. The zero-order chi connectivity index (χ0) is 13.8. The van der Waals surface area contributed by atoms with E-state index in [0.29, 0.717) is 6.04 Å². The first-order valence-corrected chi connectivity index (χ1v) is 7.37. The minimum Gasteiger partial charge on any atom is -0.382 e. The van der Waals surface area contributed by atoms with Gasteiger partial charge in [-0.2, -0.15) is 0 Å². The Kier molecular flexibility index (Phi) is 4.70. The second-order valence-corrected chi connectivity index (χ2v) is 5.75. The summed E-state index contributed by atoms with van der Waals surface area (Å²) in [5.41, 5.74) is 3.89. The molecule has 1 heterocycles. The average Bonchev–Trinajstić information content (AvgIpc) is 2.41. The zero-order valence-corrected chi connectivity index (χ0v) is 12.7. The van der Waals surface area contributed by atoms with Crippen LogP contribution >= 0.6 is 0 Å². The number of piperidine rings is 1. The van der Waals surface area contributed by atoms with Gasteiger partial charge in [0.2, 0.25) is 0 Å². The van der Waals surface area contributed by atoms with Crippen LogP contribution in [0.15, 0.2) is 18.2 Å². The van der Waals surface area contributed by atoms with Gasteiger partial charge in [0.05, 0.1) is 0 Å². The first-order valence-electron chi connectivity index (χ1n) is 7.37. The van der Waals surface area contributed by atoms with E-state index in [9.17, 15) is 0 Å². The van der Waals surface area contributed by atoms with E-state index >= 15 is 0 Å². The molecule has 0 aromatic heterocycles. The molecular weight excluding hydrogens is 234 g/mol. The van der Waals surface area contributed by atoms with Gasteiger partial charge in [-0.15, -0.1) is 0 Å². The maximum Gasteiger partial charge on any atom is 0.0411 e. The molecule has 1 N–H and O–H groups in total. The predicted molar refractivity (Wildman–Crippen MR) is 84.3 cm³/mol. The molecule has 1 fully saturated rings. The van der Waals surface area contributed by atoms with Crippen LogP contribution < -0.4 is 10.2 Å². The molecule has 0 amide bonds. The third-order valence-electron chi connectivity index (χ3n) is 4.10. The van der Waals surface area contributed by atoms with Crippen molar-refractivity contribution in [2.75, 3.05) is 43.9 Å². The molecule has 1 aliphatic rings. The average molecular weight is 261 g/mol. The molecule has 0 unspecified atom stereocenters. The highest BCUT2D eigenvalue weighted by Gasteiger charge is 2.17. The Morgan fingerprint density at radius 2 is 1.95 bits per heavy atom. The van der Waals surface area contributed by atoms with Gasteiger partial charge in [0.15, 0.2) is 0 Å². The Hall–Kier alpha value is -1.22. The van der Waals surface area contributed by atoms with Crippen LogP contribution in [-0.2, 0) is 0 Å². The lowest BCUT2D eigenvalue weighted by atomic mass is 10.0. The third kappa shape index (κ3) is 3.63. The van der Waals surface area contributed by atoms with Crippen molar-refractivity contribution < 1.29 is 0 Å². The molecule has 0 atom stereocenters. The van der Waals surface area contributed by atoms with E-state index in [2.05, 4.69) is 61.3 Å². The second kappa shape index (κ2) is 6.29. The van der Waals surface area contributed by atoms with Crippen molar-refractivity contribution in [3.63, 3.8) is 0 Å². The molecule has 0 spiro atoms. The van der Waals surface area contributed by atoms with Gasteiger partial charge in [0, 0.05) is 44.6 Å². The molecule has 2 rings (SSSR count).